The number of methoxy groups -OCH3 is 1. The zero-order valence-electron chi connectivity index (χ0n) is 20.7. The Morgan fingerprint density at radius 3 is 2.67 bits per heavy atom. The lowest BCUT2D eigenvalue weighted by Crippen LogP contribution is -2.37. The fourth-order valence-corrected chi connectivity index (χ4v) is 4.28. The normalized spacial score (nSPS) is 15.2. The van der Waals surface area contributed by atoms with Gasteiger partial charge < -0.3 is 20.1 Å². The van der Waals surface area contributed by atoms with Gasteiger partial charge in [-0.3, -0.25) is 14.5 Å². The van der Waals surface area contributed by atoms with E-state index in [4.69, 9.17) is 9.47 Å². The van der Waals surface area contributed by atoms with Gasteiger partial charge in [0.2, 0.25) is 5.91 Å². The van der Waals surface area contributed by atoms with E-state index in [2.05, 4.69) is 10.6 Å². The Balaban J connectivity index is 1.66. The monoisotopic (exact) mass is 487 g/mol. The van der Waals surface area contributed by atoms with Crippen LogP contribution in [0.15, 0.2) is 72.8 Å². The summed E-state index contributed by atoms with van der Waals surface area (Å²) >= 11 is 0. The lowest BCUT2D eigenvalue weighted by molar-refractivity contribution is -0.122. The van der Waals surface area contributed by atoms with E-state index in [1.54, 1.807) is 19.2 Å². The molecule has 0 aliphatic carbocycles. The van der Waals surface area contributed by atoms with E-state index in [9.17, 15) is 9.59 Å². The molecule has 4 rings (SSSR count). The number of amides is 2. The van der Waals surface area contributed by atoms with E-state index in [0.717, 1.165) is 30.4 Å². The van der Waals surface area contributed by atoms with Crippen molar-refractivity contribution in [1.29, 1.82) is 0 Å². The number of benzene rings is 3. The smallest absolute Gasteiger partial charge is 0.256 e. The number of carbonyl (C=O) groups excluding carboxylic acids is 2. The van der Waals surface area contributed by atoms with Crippen LogP contribution in [0.2, 0.25) is 0 Å². The SMILES string of the molecule is COc1cccc(NC(=O)c2cccc3c2CN(Cc2ccccc2)CC(=O)NCCCCCO3)c1. The minimum atomic E-state index is -0.239. The van der Waals surface area contributed by atoms with Crippen LogP contribution in [-0.2, 0) is 17.9 Å². The van der Waals surface area contributed by atoms with E-state index in [0.29, 0.717) is 49.0 Å². The molecule has 1 aliphatic heterocycles. The Bertz CT molecular complexity index is 1170. The van der Waals surface area contributed by atoms with Gasteiger partial charge in [0.25, 0.3) is 5.91 Å². The average molecular weight is 488 g/mol. The highest BCUT2D eigenvalue weighted by atomic mass is 16.5. The van der Waals surface area contributed by atoms with Crippen LogP contribution in [0.25, 0.3) is 0 Å². The predicted octanol–water partition coefficient (Wildman–Crippen LogP) is 4.63. The van der Waals surface area contributed by atoms with Crippen molar-refractivity contribution >= 4 is 17.5 Å². The molecule has 0 radical (unpaired) electrons. The van der Waals surface area contributed by atoms with Crippen LogP contribution in [-0.4, -0.2) is 43.5 Å². The molecule has 36 heavy (non-hydrogen) atoms. The maximum absolute atomic E-state index is 13.4. The number of carbonyl (C=O) groups is 2. The second-order valence-electron chi connectivity index (χ2n) is 8.86. The van der Waals surface area contributed by atoms with Gasteiger partial charge in [0.1, 0.15) is 11.5 Å². The van der Waals surface area contributed by atoms with Crippen LogP contribution in [0.5, 0.6) is 11.5 Å². The number of hydrogen-bond donors (Lipinski definition) is 2. The minimum Gasteiger partial charge on any atom is -0.497 e. The second kappa shape index (κ2) is 12.7. The summed E-state index contributed by atoms with van der Waals surface area (Å²) < 4.78 is 11.5. The Kier molecular flexibility index (Phi) is 8.94. The molecule has 0 unspecified atom stereocenters. The molecule has 0 aromatic heterocycles. The van der Waals surface area contributed by atoms with Crippen molar-refractivity contribution in [2.75, 3.05) is 32.1 Å². The molecule has 2 N–H and O–H groups in total. The van der Waals surface area contributed by atoms with Gasteiger partial charge in [0, 0.05) is 42.5 Å². The van der Waals surface area contributed by atoms with Crippen molar-refractivity contribution in [3.63, 3.8) is 0 Å². The van der Waals surface area contributed by atoms with Gasteiger partial charge in [-0.25, -0.2) is 0 Å². The quantitative estimate of drug-likeness (QED) is 0.549. The van der Waals surface area contributed by atoms with Crippen LogP contribution in [0.1, 0.15) is 40.7 Å². The molecular formula is C29H33N3O4. The molecule has 0 fully saturated rings. The summed E-state index contributed by atoms with van der Waals surface area (Å²) in [7, 11) is 1.59. The van der Waals surface area contributed by atoms with Gasteiger partial charge >= 0.3 is 0 Å². The summed E-state index contributed by atoms with van der Waals surface area (Å²) in [5, 5.41) is 6.01. The largest absolute Gasteiger partial charge is 0.497 e. The highest BCUT2D eigenvalue weighted by Gasteiger charge is 2.21. The number of rotatable bonds is 5. The average Bonchev–Trinajstić information content (AvgIpc) is 2.90. The number of ether oxygens (including phenoxy) is 2. The number of anilines is 1. The van der Waals surface area contributed by atoms with Crippen LogP contribution in [0.3, 0.4) is 0 Å². The van der Waals surface area contributed by atoms with Gasteiger partial charge in [-0.2, -0.15) is 0 Å². The zero-order valence-corrected chi connectivity index (χ0v) is 20.7. The molecule has 1 heterocycles. The van der Waals surface area contributed by atoms with E-state index in [-0.39, 0.29) is 18.4 Å². The van der Waals surface area contributed by atoms with Gasteiger partial charge in [-0.05, 0) is 49.1 Å². The summed E-state index contributed by atoms with van der Waals surface area (Å²) in [5.74, 6) is 1.07. The van der Waals surface area contributed by atoms with E-state index >= 15 is 0 Å². The van der Waals surface area contributed by atoms with Crippen LogP contribution < -0.4 is 20.1 Å². The number of nitrogens with one attached hydrogen (secondary N) is 2. The Morgan fingerprint density at radius 1 is 1.00 bits per heavy atom. The van der Waals surface area contributed by atoms with Crippen LogP contribution >= 0.6 is 0 Å². The molecule has 3 aromatic carbocycles. The molecule has 1 aliphatic rings. The third-order valence-corrected chi connectivity index (χ3v) is 6.10. The van der Waals surface area contributed by atoms with Crippen molar-refractivity contribution in [1.82, 2.24) is 10.2 Å². The minimum absolute atomic E-state index is 0.0223. The first-order valence-electron chi connectivity index (χ1n) is 12.4. The third-order valence-electron chi connectivity index (χ3n) is 6.10. The summed E-state index contributed by atoms with van der Waals surface area (Å²) in [6.07, 6.45) is 2.74. The zero-order chi connectivity index (χ0) is 25.2. The first-order valence-corrected chi connectivity index (χ1v) is 12.4. The van der Waals surface area contributed by atoms with Crippen molar-refractivity contribution in [3.8, 4) is 11.5 Å². The van der Waals surface area contributed by atoms with Crippen molar-refractivity contribution < 1.29 is 19.1 Å². The molecule has 7 heteroatoms. The van der Waals surface area contributed by atoms with Gasteiger partial charge in [-0.15, -0.1) is 0 Å². The number of hydrogen-bond acceptors (Lipinski definition) is 5. The fraction of sp³-hybridized carbons (Fsp3) is 0.310. The maximum atomic E-state index is 13.4. The molecule has 188 valence electrons. The molecule has 0 spiro atoms. The summed E-state index contributed by atoms with van der Waals surface area (Å²) in [6.45, 7) is 2.39. The molecule has 0 saturated carbocycles. The Hall–Kier alpha value is -3.84. The number of fused-ring (bicyclic) bond motifs is 1. The molecule has 0 saturated heterocycles. The van der Waals surface area contributed by atoms with Crippen molar-refractivity contribution in [2.24, 2.45) is 0 Å². The molecule has 2 amide bonds. The molecule has 0 atom stereocenters. The Morgan fingerprint density at radius 2 is 1.83 bits per heavy atom. The highest BCUT2D eigenvalue weighted by molar-refractivity contribution is 6.05. The second-order valence-corrected chi connectivity index (χ2v) is 8.86. The molecule has 0 bridgehead atoms. The lowest BCUT2D eigenvalue weighted by Gasteiger charge is -2.25. The maximum Gasteiger partial charge on any atom is 0.256 e. The summed E-state index contributed by atoms with van der Waals surface area (Å²) in [5.41, 5.74) is 3.02. The Labute approximate surface area is 212 Å². The standard InChI is InChI=1S/C29H33N3O4/c1-35-24-13-8-12-23(18-24)31-29(34)25-14-9-15-27-26(25)20-32(19-22-10-4-2-5-11-22)21-28(33)30-16-6-3-7-17-36-27/h2,4-5,8-15,18H,3,6-7,16-17,19-21H2,1H3,(H,30,33)(H,31,34). The van der Waals surface area contributed by atoms with E-state index < -0.39 is 0 Å². The summed E-state index contributed by atoms with van der Waals surface area (Å²) in [4.78, 5) is 28.2. The first kappa shape index (κ1) is 25.3. The van der Waals surface area contributed by atoms with E-state index in [1.807, 2.05) is 65.6 Å². The van der Waals surface area contributed by atoms with Gasteiger partial charge in [0.15, 0.2) is 0 Å². The number of nitrogens with zero attached hydrogens (tertiary/aromatic N) is 1. The predicted molar refractivity (Wildman–Crippen MR) is 140 cm³/mol. The molecular weight excluding hydrogens is 454 g/mol. The van der Waals surface area contributed by atoms with E-state index in [1.165, 1.54) is 0 Å². The van der Waals surface area contributed by atoms with Crippen molar-refractivity contribution in [2.45, 2.75) is 32.4 Å². The molecule has 7 nitrogen and oxygen atoms in total. The van der Waals surface area contributed by atoms with Gasteiger partial charge in [-0.1, -0.05) is 42.5 Å². The highest BCUT2D eigenvalue weighted by Crippen LogP contribution is 2.27. The van der Waals surface area contributed by atoms with Gasteiger partial charge in [0.05, 0.1) is 20.3 Å². The third kappa shape index (κ3) is 7.09. The van der Waals surface area contributed by atoms with Crippen LogP contribution in [0, 0.1) is 0 Å². The lowest BCUT2D eigenvalue weighted by atomic mass is 10.0. The topological polar surface area (TPSA) is 79.9 Å². The molecule has 3 aromatic rings. The van der Waals surface area contributed by atoms with Crippen molar-refractivity contribution in [3.05, 3.63) is 89.5 Å². The van der Waals surface area contributed by atoms with Crippen LogP contribution in [0.4, 0.5) is 5.69 Å². The summed E-state index contributed by atoms with van der Waals surface area (Å²) in [6, 6.07) is 22.8. The fourth-order valence-electron chi connectivity index (χ4n) is 4.28. The first-order chi connectivity index (χ1) is 17.6.